The molecule has 4 aliphatic rings. The van der Waals surface area contributed by atoms with E-state index < -0.39 is 91.1 Å². The number of aliphatic hydroxyl groups is 3. The largest absolute Gasteiger partial charge is 0.507 e. The number of aliphatic hydroxyl groups excluding tert-OH is 3. The van der Waals surface area contributed by atoms with Crippen LogP contribution in [0.1, 0.15) is 60.5 Å². The molecule has 1 spiro atoms. The number of hydrogen-bond donors (Lipinski definition) is 7. The Morgan fingerprint density at radius 1 is 1.02 bits per heavy atom. The number of morpholine rings is 1. The summed E-state index contributed by atoms with van der Waals surface area (Å²) in [4.78, 5) is 56.3. The van der Waals surface area contributed by atoms with E-state index >= 15 is 0 Å². The summed E-state index contributed by atoms with van der Waals surface area (Å²) in [6.45, 7) is 5.43. The van der Waals surface area contributed by atoms with Gasteiger partial charge in [-0.15, -0.1) is 0 Å². The zero-order chi connectivity index (χ0) is 38.9. The van der Waals surface area contributed by atoms with Crippen LogP contribution < -0.4 is 10.6 Å². The van der Waals surface area contributed by atoms with Gasteiger partial charge < -0.3 is 55.4 Å². The van der Waals surface area contributed by atoms with Crippen molar-refractivity contribution < 1.29 is 63.0 Å². The average molecular weight is 756 g/mol. The number of ether oxygens (including phenoxy) is 2. The van der Waals surface area contributed by atoms with Gasteiger partial charge in [0.1, 0.15) is 18.0 Å². The highest BCUT2D eigenvalue weighted by atomic mass is 19.3. The van der Waals surface area contributed by atoms with Gasteiger partial charge in [0, 0.05) is 84.0 Å². The van der Waals surface area contributed by atoms with E-state index in [9.17, 15) is 53.5 Å². The summed E-state index contributed by atoms with van der Waals surface area (Å²) in [5.74, 6) is -5.43. The number of rotatable bonds is 10. The molecule has 7 atom stereocenters. The molecule has 53 heavy (non-hydrogen) atoms. The van der Waals surface area contributed by atoms with Gasteiger partial charge in [-0.05, 0) is 43.5 Å². The van der Waals surface area contributed by atoms with Crippen molar-refractivity contribution in [1.82, 2.24) is 25.3 Å². The highest BCUT2D eigenvalue weighted by molar-refractivity contribution is 5.95. The molecule has 0 bridgehead atoms. The molecule has 16 nitrogen and oxygen atoms in total. The van der Waals surface area contributed by atoms with Crippen LogP contribution in [-0.4, -0.2) is 171 Å². The minimum atomic E-state index is -2.80. The molecule has 0 saturated carbocycles. The SMILES string of the molecule is CC(=O)N[C@H]1[C@H]([C@H](O)[C@H](O)CNC(=O)c2cc(C)c(O)c(C)c2)O[C@@](CCN2CCOC[C@@]23CCN(C(=O)N2CCC(F)(F)CC2)C3)(C(=O)O)C[C@@H]1O. The zero-order valence-electron chi connectivity index (χ0n) is 30.2. The summed E-state index contributed by atoms with van der Waals surface area (Å²) in [5, 5.41) is 59.2. The van der Waals surface area contributed by atoms with Crippen LogP contribution in [0.4, 0.5) is 13.6 Å². The van der Waals surface area contributed by atoms with Crippen molar-refractivity contribution in [2.45, 2.75) is 100 Å². The van der Waals surface area contributed by atoms with Gasteiger partial charge in [0.2, 0.25) is 5.91 Å². The van der Waals surface area contributed by atoms with Crippen LogP contribution in [-0.2, 0) is 19.1 Å². The number of carboxylic acids is 1. The highest BCUT2D eigenvalue weighted by Crippen LogP contribution is 2.38. The molecule has 0 aromatic heterocycles. The fourth-order valence-corrected chi connectivity index (χ4v) is 7.94. The van der Waals surface area contributed by atoms with Gasteiger partial charge >= 0.3 is 12.0 Å². The number of aliphatic carboxylic acids is 1. The summed E-state index contributed by atoms with van der Waals surface area (Å²) in [6, 6.07) is 1.24. The fourth-order valence-electron chi connectivity index (χ4n) is 7.94. The molecule has 4 saturated heterocycles. The summed E-state index contributed by atoms with van der Waals surface area (Å²) in [6.07, 6.45) is -7.75. The van der Waals surface area contributed by atoms with Gasteiger partial charge in [0.05, 0.1) is 37.0 Å². The first-order chi connectivity index (χ1) is 24.9. The number of halogens is 2. The minimum absolute atomic E-state index is 0.0321. The molecule has 0 unspecified atom stereocenters. The number of nitrogens with one attached hydrogen (secondary N) is 2. The second-order valence-electron chi connectivity index (χ2n) is 14.9. The third kappa shape index (κ3) is 8.84. The number of phenols is 1. The number of carboxylic acid groups (broad SMARTS) is 1. The molecule has 18 heteroatoms. The maximum Gasteiger partial charge on any atom is 0.336 e. The number of piperidine rings is 1. The van der Waals surface area contributed by atoms with Gasteiger partial charge in [-0.2, -0.15) is 0 Å². The molecular weight excluding hydrogens is 704 g/mol. The topological polar surface area (TPSA) is 222 Å². The monoisotopic (exact) mass is 755 g/mol. The number of carbonyl (C=O) groups is 4. The van der Waals surface area contributed by atoms with Crippen molar-refractivity contribution in [2.24, 2.45) is 0 Å². The number of hydrogen-bond acceptors (Lipinski definition) is 11. The van der Waals surface area contributed by atoms with Crippen molar-refractivity contribution in [3.8, 4) is 5.75 Å². The van der Waals surface area contributed by atoms with E-state index in [1.54, 1.807) is 18.7 Å². The fraction of sp³-hybridized carbons (Fsp3) is 0.714. The number of aryl methyl sites for hydroxylation is 2. The Kier molecular flexibility index (Phi) is 12.2. The number of phenolic OH excluding ortho intramolecular Hbond substituents is 1. The summed E-state index contributed by atoms with van der Waals surface area (Å²) >= 11 is 0. The summed E-state index contributed by atoms with van der Waals surface area (Å²) in [7, 11) is 0. The van der Waals surface area contributed by atoms with Crippen LogP contribution in [0, 0.1) is 13.8 Å². The summed E-state index contributed by atoms with van der Waals surface area (Å²) < 4.78 is 39.4. The molecular formula is C35H51F2N5O11. The second-order valence-corrected chi connectivity index (χ2v) is 14.9. The van der Waals surface area contributed by atoms with E-state index in [2.05, 4.69) is 10.6 Å². The molecule has 1 aromatic carbocycles. The first-order valence-corrected chi connectivity index (χ1v) is 17.9. The Hall–Kier alpha value is -3.68. The Labute approximate surface area is 306 Å². The van der Waals surface area contributed by atoms with Crippen molar-refractivity contribution >= 4 is 23.8 Å². The Bertz CT molecular complexity index is 1520. The molecule has 5 rings (SSSR count). The number of urea groups is 1. The maximum atomic E-state index is 13.7. The van der Waals surface area contributed by atoms with Crippen molar-refractivity contribution in [3.63, 3.8) is 0 Å². The molecule has 0 aliphatic carbocycles. The van der Waals surface area contributed by atoms with E-state index in [-0.39, 0.29) is 56.6 Å². The number of likely N-dealkylation sites (tertiary alicyclic amines) is 2. The lowest BCUT2D eigenvalue weighted by molar-refractivity contribution is -0.231. The van der Waals surface area contributed by atoms with Crippen LogP contribution in [0.5, 0.6) is 5.75 Å². The first kappa shape index (κ1) is 40.5. The van der Waals surface area contributed by atoms with Crippen molar-refractivity contribution in [3.05, 3.63) is 28.8 Å². The van der Waals surface area contributed by atoms with E-state index in [0.29, 0.717) is 37.2 Å². The van der Waals surface area contributed by atoms with Crippen LogP contribution in [0.25, 0.3) is 0 Å². The number of benzene rings is 1. The van der Waals surface area contributed by atoms with Crippen LogP contribution in [0.15, 0.2) is 12.1 Å². The molecule has 4 aliphatic heterocycles. The van der Waals surface area contributed by atoms with E-state index in [1.807, 2.05) is 4.90 Å². The first-order valence-electron chi connectivity index (χ1n) is 17.9. The molecule has 1 aromatic rings. The number of alkyl halides is 2. The average Bonchev–Trinajstić information content (AvgIpc) is 3.53. The predicted molar refractivity (Wildman–Crippen MR) is 182 cm³/mol. The Morgan fingerprint density at radius 3 is 2.28 bits per heavy atom. The maximum absolute atomic E-state index is 13.7. The lowest BCUT2D eigenvalue weighted by Crippen LogP contribution is -2.68. The zero-order valence-corrected chi connectivity index (χ0v) is 30.2. The van der Waals surface area contributed by atoms with Gasteiger partial charge in [0.15, 0.2) is 5.60 Å². The predicted octanol–water partition coefficient (Wildman–Crippen LogP) is -0.0436. The van der Waals surface area contributed by atoms with Gasteiger partial charge in [0.25, 0.3) is 11.8 Å². The smallest absolute Gasteiger partial charge is 0.336 e. The number of aromatic hydroxyl groups is 1. The number of carbonyl (C=O) groups excluding carboxylic acids is 3. The molecule has 0 radical (unpaired) electrons. The van der Waals surface area contributed by atoms with Crippen molar-refractivity contribution in [2.75, 3.05) is 59.0 Å². The lowest BCUT2D eigenvalue weighted by Gasteiger charge is -2.49. The number of nitrogens with zero attached hydrogens (tertiary/aromatic N) is 3. The molecule has 296 valence electrons. The quantitative estimate of drug-likeness (QED) is 0.167. The van der Waals surface area contributed by atoms with E-state index in [1.165, 1.54) is 24.0 Å². The highest BCUT2D eigenvalue weighted by Gasteiger charge is 2.56. The normalized spacial score (nSPS) is 30.2. The Balaban J connectivity index is 1.28. The van der Waals surface area contributed by atoms with E-state index in [0.717, 1.165) is 0 Å². The second kappa shape index (κ2) is 16.0. The molecule has 4 amide bonds. The van der Waals surface area contributed by atoms with Gasteiger partial charge in [-0.1, -0.05) is 0 Å². The standard InChI is InChI=1S/C35H51F2N5O11/c1-20-14-23(15-21(2)27(20)46)30(48)38-17-25(45)28(47)29-26(39-22(3)43)24(44)16-34(53-29,31(49)50)5-11-42-12-13-52-19-33(42)4-8-41(18-33)32(51)40-9-6-35(36,37)7-10-40/h14-15,24-26,28-29,44-47H,4-13,16-19H2,1-3H3,(H,38,48)(H,39,43)(H,49,50)/t24-,25+,26+,28+,29+,33-,34+/m0/s1. The minimum Gasteiger partial charge on any atom is -0.507 e. The van der Waals surface area contributed by atoms with Gasteiger partial charge in [-0.25, -0.2) is 18.4 Å². The molecule has 4 fully saturated rings. The van der Waals surface area contributed by atoms with Crippen LogP contribution in [0.2, 0.25) is 0 Å². The summed E-state index contributed by atoms with van der Waals surface area (Å²) in [5.41, 5.74) is -1.68. The van der Waals surface area contributed by atoms with E-state index in [4.69, 9.17) is 9.47 Å². The van der Waals surface area contributed by atoms with Crippen LogP contribution in [0.3, 0.4) is 0 Å². The molecule has 7 N–H and O–H groups in total. The molecule has 4 heterocycles. The third-order valence-electron chi connectivity index (χ3n) is 11.1. The van der Waals surface area contributed by atoms with Crippen molar-refractivity contribution in [1.29, 1.82) is 0 Å². The third-order valence-corrected chi connectivity index (χ3v) is 11.1. The van der Waals surface area contributed by atoms with Gasteiger partial charge in [-0.3, -0.25) is 14.5 Å². The number of amides is 4. The van der Waals surface area contributed by atoms with Crippen LogP contribution >= 0.6 is 0 Å². The Morgan fingerprint density at radius 2 is 1.66 bits per heavy atom. The lowest BCUT2D eigenvalue weighted by atomic mass is 9.81.